The van der Waals surface area contributed by atoms with Crippen molar-refractivity contribution in [1.82, 2.24) is 10.2 Å². The molecule has 4 nitrogen and oxygen atoms in total. The molecule has 0 radical (unpaired) electrons. The number of carbonyl (C=O) groups is 1. The topological polar surface area (TPSA) is 52.6 Å². The molecule has 2 aliphatic carbocycles. The predicted octanol–water partition coefficient (Wildman–Crippen LogP) is 4.10. The number of carboxylic acids is 1. The highest BCUT2D eigenvalue weighted by atomic mass is 16.4. The van der Waals surface area contributed by atoms with Gasteiger partial charge in [-0.15, -0.1) is 0 Å². The van der Waals surface area contributed by atoms with Crippen molar-refractivity contribution in [2.45, 2.75) is 44.7 Å². The minimum atomic E-state index is -0.856. The van der Waals surface area contributed by atoms with Gasteiger partial charge in [0.2, 0.25) is 0 Å². The molecule has 28 heavy (non-hydrogen) atoms. The molecular formula is C24H32N2O2. The molecule has 4 rings (SSSR count). The van der Waals surface area contributed by atoms with Crippen molar-refractivity contribution in [3.63, 3.8) is 0 Å². The highest BCUT2D eigenvalue weighted by Gasteiger charge is 2.41. The molecule has 0 spiro atoms. The third kappa shape index (κ3) is 5.12. The molecule has 4 heteroatoms. The number of hydrogen-bond acceptors (Lipinski definition) is 3. The Balaban J connectivity index is 1.11. The third-order valence-corrected chi connectivity index (χ3v) is 6.68. The Kier molecular flexibility index (Phi) is 6.28. The molecule has 3 atom stereocenters. The molecule has 1 aromatic carbocycles. The molecule has 3 aliphatic rings. The molecule has 1 saturated carbocycles. The lowest BCUT2D eigenvalue weighted by molar-refractivity contribution is 0.0697. The van der Waals surface area contributed by atoms with Gasteiger partial charge in [0, 0.05) is 12.6 Å². The molecule has 1 aromatic rings. The normalized spacial score (nSPS) is 27.8. The van der Waals surface area contributed by atoms with Crippen LogP contribution in [0.4, 0.5) is 0 Å². The molecule has 2 N–H and O–H groups in total. The molecule has 0 bridgehead atoms. The van der Waals surface area contributed by atoms with Gasteiger partial charge in [-0.3, -0.25) is 4.90 Å². The lowest BCUT2D eigenvalue weighted by Gasteiger charge is -2.32. The molecule has 150 valence electrons. The maximum atomic E-state index is 10.9. The summed E-state index contributed by atoms with van der Waals surface area (Å²) in [4.78, 5) is 13.4. The molecule has 1 heterocycles. The van der Waals surface area contributed by atoms with Crippen LogP contribution in [0.5, 0.6) is 0 Å². The van der Waals surface area contributed by atoms with Gasteiger partial charge in [0.1, 0.15) is 0 Å². The van der Waals surface area contributed by atoms with E-state index in [2.05, 4.69) is 34.5 Å². The van der Waals surface area contributed by atoms with Gasteiger partial charge in [0.15, 0.2) is 0 Å². The maximum absolute atomic E-state index is 10.9. The fraction of sp³-hybridized carbons (Fsp3) is 0.542. The van der Waals surface area contributed by atoms with E-state index in [0.717, 1.165) is 50.0 Å². The first-order valence-electron chi connectivity index (χ1n) is 10.8. The maximum Gasteiger partial charge on any atom is 0.335 e. The van der Waals surface area contributed by atoms with Gasteiger partial charge < -0.3 is 10.4 Å². The van der Waals surface area contributed by atoms with E-state index in [4.69, 9.17) is 5.11 Å². The van der Waals surface area contributed by atoms with Crippen LogP contribution in [0.15, 0.2) is 48.6 Å². The second-order valence-electron chi connectivity index (χ2n) is 8.68. The average molecular weight is 381 g/mol. The quantitative estimate of drug-likeness (QED) is 0.713. The number of allylic oxidation sites excluding steroid dienone is 4. The second kappa shape index (κ2) is 9.06. The Morgan fingerprint density at radius 2 is 1.93 bits per heavy atom. The van der Waals surface area contributed by atoms with Gasteiger partial charge in [0.25, 0.3) is 0 Å². The number of hydrogen-bond donors (Lipinski definition) is 2. The van der Waals surface area contributed by atoms with Crippen LogP contribution in [0.3, 0.4) is 0 Å². The van der Waals surface area contributed by atoms with E-state index < -0.39 is 5.97 Å². The summed E-state index contributed by atoms with van der Waals surface area (Å²) < 4.78 is 0. The summed E-state index contributed by atoms with van der Waals surface area (Å²) in [5.41, 5.74) is 1.57. The van der Waals surface area contributed by atoms with Crippen LogP contribution in [0, 0.1) is 17.8 Å². The number of nitrogens with one attached hydrogen (secondary N) is 1. The number of nitrogens with zero attached hydrogens (tertiary/aromatic N) is 1. The molecule has 1 aliphatic heterocycles. The van der Waals surface area contributed by atoms with E-state index in [9.17, 15) is 4.79 Å². The molecular weight excluding hydrogens is 348 g/mol. The molecule has 1 saturated heterocycles. The predicted molar refractivity (Wildman–Crippen MR) is 112 cm³/mol. The second-order valence-corrected chi connectivity index (χ2v) is 8.68. The van der Waals surface area contributed by atoms with E-state index in [1.807, 2.05) is 12.1 Å². The Bertz CT molecular complexity index is 717. The zero-order valence-electron chi connectivity index (χ0n) is 16.6. The van der Waals surface area contributed by atoms with Crippen molar-refractivity contribution in [2.24, 2.45) is 17.8 Å². The minimum absolute atomic E-state index is 0.365. The fourth-order valence-electron chi connectivity index (χ4n) is 4.76. The van der Waals surface area contributed by atoms with Gasteiger partial charge >= 0.3 is 5.97 Å². The number of carboxylic acid groups (broad SMARTS) is 1. The number of aromatic carboxylic acids is 1. The first kappa shape index (κ1) is 19.4. The Labute approximate surface area is 168 Å². The summed E-state index contributed by atoms with van der Waals surface area (Å²) in [5.74, 6) is 1.60. The fourth-order valence-corrected chi connectivity index (χ4v) is 4.76. The summed E-state index contributed by atoms with van der Waals surface area (Å²) in [5, 5.41) is 12.8. The summed E-state index contributed by atoms with van der Waals surface area (Å²) in [6.07, 6.45) is 15.5. The summed E-state index contributed by atoms with van der Waals surface area (Å²) in [7, 11) is 0. The Morgan fingerprint density at radius 3 is 2.61 bits per heavy atom. The standard InChI is InChI=1S/C24H32N2O2/c27-24(28)21-8-6-19(7-9-21)17-26-14-11-18(12-15-26)10-13-25-23-16-22(23)20-4-2-1-3-5-20/h1-4,6-9,18,20,22-23,25H,5,10-17H2,(H,27,28)/t20?,22-,23+/m1/s1. The molecule has 2 fully saturated rings. The number of rotatable bonds is 8. The smallest absolute Gasteiger partial charge is 0.335 e. The summed E-state index contributed by atoms with van der Waals surface area (Å²) >= 11 is 0. The van der Waals surface area contributed by atoms with Crippen molar-refractivity contribution in [3.05, 3.63) is 59.7 Å². The van der Waals surface area contributed by atoms with Crippen LogP contribution in [0.1, 0.15) is 48.0 Å². The lowest BCUT2D eigenvalue weighted by atomic mass is 9.93. The zero-order chi connectivity index (χ0) is 19.3. The monoisotopic (exact) mass is 380 g/mol. The Hall–Kier alpha value is -1.91. The van der Waals surface area contributed by atoms with Crippen LogP contribution >= 0.6 is 0 Å². The zero-order valence-corrected chi connectivity index (χ0v) is 16.6. The van der Waals surface area contributed by atoms with Crippen LogP contribution in [-0.2, 0) is 6.54 Å². The van der Waals surface area contributed by atoms with Crippen LogP contribution in [0.25, 0.3) is 0 Å². The highest BCUT2D eigenvalue weighted by Crippen LogP contribution is 2.41. The SMILES string of the molecule is O=C(O)c1ccc(CN2CCC(CCN[C@H]3C[C@@H]3C3C=CC=CC3)CC2)cc1. The minimum Gasteiger partial charge on any atom is -0.478 e. The van der Waals surface area contributed by atoms with Gasteiger partial charge in [0.05, 0.1) is 5.56 Å². The van der Waals surface area contributed by atoms with Crippen molar-refractivity contribution < 1.29 is 9.90 Å². The van der Waals surface area contributed by atoms with Crippen molar-refractivity contribution in [3.8, 4) is 0 Å². The van der Waals surface area contributed by atoms with Gasteiger partial charge in [-0.1, -0.05) is 36.4 Å². The van der Waals surface area contributed by atoms with E-state index in [0.29, 0.717) is 5.56 Å². The van der Waals surface area contributed by atoms with Crippen LogP contribution < -0.4 is 5.32 Å². The van der Waals surface area contributed by atoms with Crippen molar-refractivity contribution >= 4 is 5.97 Å². The first-order valence-corrected chi connectivity index (χ1v) is 10.8. The molecule has 0 amide bonds. The molecule has 1 unspecified atom stereocenters. The summed E-state index contributed by atoms with van der Waals surface area (Å²) in [6.45, 7) is 4.39. The lowest BCUT2D eigenvalue weighted by Crippen LogP contribution is -2.34. The molecule has 0 aromatic heterocycles. The Morgan fingerprint density at radius 1 is 1.14 bits per heavy atom. The average Bonchev–Trinajstić information content (AvgIpc) is 3.50. The number of likely N-dealkylation sites (tertiary alicyclic amines) is 1. The highest BCUT2D eigenvalue weighted by molar-refractivity contribution is 5.87. The van der Waals surface area contributed by atoms with E-state index in [1.54, 1.807) is 12.1 Å². The van der Waals surface area contributed by atoms with Crippen LogP contribution in [-0.4, -0.2) is 41.7 Å². The van der Waals surface area contributed by atoms with Crippen LogP contribution in [0.2, 0.25) is 0 Å². The summed E-state index contributed by atoms with van der Waals surface area (Å²) in [6, 6.07) is 8.06. The van der Waals surface area contributed by atoms with E-state index in [1.165, 1.54) is 37.7 Å². The van der Waals surface area contributed by atoms with Gasteiger partial charge in [-0.05, 0) is 87.2 Å². The van der Waals surface area contributed by atoms with E-state index in [-0.39, 0.29) is 0 Å². The number of benzene rings is 1. The van der Waals surface area contributed by atoms with Crippen molar-refractivity contribution in [2.75, 3.05) is 19.6 Å². The van der Waals surface area contributed by atoms with Crippen molar-refractivity contribution in [1.29, 1.82) is 0 Å². The first-order chi connectivity index (χ1) is 13.7. The largest absolute Gasteiger partial charge is 0.478 e. The van der Waals surface area contributed by atoms with Gasteiger partial charge in [-0.25, -0.2) is 4.79 Å². The van der Waals surface area contributed by atoms with Gasteiger partial charge in [-0.2, -0.15) is 0 Å². The third-order valence-electron chi connectivity index (χ3n) is 6.68. The number of piperidine rings is 1. The van der Waals surface area contributed by atoms with E-state index >= 15 is 0 Å².